The van der Waals surface area contributed by atoms with Gasteiger partial charge in [-0.2, -0.15) is 0 Å². The van der Waals surface area contributed by atoms with Gasteiger partial charge in [-0.15, -0.1) is 0 Å². The molecule has 0 radical (unpaired) electrons. The summed E-state index contributed by atoms with van der Waals surface area (Å²) in [5.41, 5.74) is 5.35. The van der Waals surface area contributed by atoms with E-state index in [1.165, 1.54) is 109 Å². The van der Waals surface area contributed by atoms with Gasteiger partial charge in [0.05, 0.1) is 13.2 Å². The largest absolute Gasteiger partial charge is 0.472 e. The molecular weight excluding hydrogens is 713 g/mol. The molecule has 0 rings (SSSR count). The molecule has 1 unspecified atom stereocenters. The Kier molecular flexibility index (Phi) is 40.5. The third-order valence-corrected chi connectivity index (χ3v) is 10.5. The van der Waals surface area contributed by atoms with Gasteiger partial charge in [0.2, 0.25) is 0 Å². The predicted molar refractivity (Wildman–Crippen MR) is 229 cm³/mol. The van der Waals surface area contributed by atoms with Crippen LogP contribution in [0.15, 0.2) is 36.5 Å². The summed E-state index contributed by atoms with van der Waals surface area (Å²) in [6.07, 6.45) is 45.9. The first-order valence-corrected chi connectivity index (χ1v) is 24.0. The highest BCUT2D eigenvalue weighted by Crippen LogP contribution is 2.43. The van der Waals surface area contributed by atoms with E-state index in [-0.39, 0.29) is 38.6 Å². The van der Waals surface area contributed by atoms with Gasteiger partial charge in [0.1, 0.15) is 6.61 Å². The molecule has 0 saturated heterocycles. The highest BCUT2D eigenvalue weighted by atomic mass is 31.2. The molecule has 0 aliphatic heterocycles. The van der Waals surface area contributed by atoms with Crippen molar-refractivity contribution in [1.29, 1.82) is 0 Å². The zero-order valence-corrected chi connectivity index (χ0v) is 36.3. The van der Waals surface area contributed by atoms with Gasteiger partial charge in [0.25, 0.3) is 0 Å². The molecule has 322 valence electrons. The molecule has 0 amide bonds. The van der Waals surface area contributed by atoms with Crippen LogP contribution < -0.4 is 5.73 Å². The molecule has 0 aromatic carbocycles. The summed E-state index contributed by atoms with van der Waals surface area (Å²) >= 11 is 0. The van der Waals surface area contributed by atoms with Crippen molar-refractivity contribution in [2.45, 2.75) is 213 Å². The third-order valence-electron chi connectivity index (χ3n) is 9.50. The number of unbranched alkanes of at least 4 members (excludes halogenated alkanes) is 23. The Morgan fingerprint density at radius 1 is 0.545 bits per heavy atom. The second-order valence-electron chi connectivity index (χ2n) is 14.9. The number of carbonyl (C=O) groups excluding carboxylic acids is 2. The topological polar surface area (TPSA) is 134 Å². The molecule has 0 heterocycles. The van der Waals surface area contributed by atoms with Crippen molar-refractivity contribution in [2.24, 2.45) is 5.73 Å². The number of hydrogen-bond donors (Lipinski definition) is 2. The van der Waals surface area contributed by atoms with E-state index in [4.69, 9.17) is 24.3 Å². The van der Waals surface area contributed by atoms with Crippen molar-refractivity contribution < 1.29 is 37.6 Å². The number of rotatable bonds is 42. The molecule has 2 atom stereocenters. The number of hydrogen-bond acceptors (Lipinski definition) is 8. The summed E-state index contributed by atoms with van der Waals surface area (Å²) in [7, 11) is -4.38. The molecule has 0 spiro atoms. The minimum atomic E-state index is -4.38. The average molecular weight is 798 g/mol. The van der Waals surface area contributed by atoms with Crippen LogP contribution in [0.25, 0.3) is 0 Å². The molecule has 0 aliphatic rings. The Balaban J connectivity index is 4.14. The molecule has 3 N–H and O–H groups in total. The monoisotopic (exact) mass is 798 g/mol. The van der Waals surface area contributed by atoms with Crippen LogP contribution >= 0.6 is 7.82 Å². The Bertz CT molecular complexity index is 1000. The van der Waals surface area contributed by atoms with Crippen molar-refractivity contribution in [2.75, 3.05) is 26.4 Å². The van der Waals surface area contributed by atoms with Crippen LogP contribution in [0.2, 0.25) is 0 Å². The molecule has 9 nitrogen and oxygen atoms in total. The predicted octanol–water partition coefficient (Wildman–Crippen LogP) is 12.9. The number of esters is 2. The third kappa shape index (κ3) is 41.7. The van der Waals surface area contributed by atoms with Crippen molar-refractivity contribution in [3.8, 4) is 0 Å². The fourth-order valence-electron chi connectivity index (χ4n) is 6.13. The summed E-state index contributed by atoms with van der Waals surface area (Å²) in [5, 5.41) is 0. The molecule has 55 heavy (non-hydrogen) atoms. The van der Waals surface area contributed by atoms with Gasteiger partial charge in [0.15, 0.2) is 6.10 Å². The minimum absolute atomic E-state index is 0.0514. The first-order valence-electron chi connectivity index (χ1n) is 22.5. The second-order valence-corrected chi connectivity index (χ2v) is 16.4. The van der Waals surface area contributed by atoms with Gasteiger partial charge in [-0.3, -0.25) is 18.6 Å². The zero-order chi connectivity index (χ0) is 40.3. The summed E-state index contributed by atoms with van der Waals surface area (Å²) in [5.74, 6) is -0.839. The lowest BCUT2D eigenvalue weighted by Gasteiger charge is -2.19. The van der Waals surface area contributed by atoms with E-state index in [0.29, 0.717) is 6.42 Å². The average Bonchev–Trinajstić information content (AvgIpc) is 3.17. The van der Waals surface area contributed by atoms with Crippen LogP contribution in [0.4, 0.5) is 0 Å². The summed E-state index contributed by atoms with van der Waals surface area (Å²) in [6.45, 7) is 3.70. The second kappa shape index (κ2) is 41.9. The van der Waals surface area contributed by atoms with Crippen molar-refractivity contribution in [3.63, 3.8) is 0 Å². The van der Waals surface area contributed by atoms with Gasteiger partial charge in [0, 0.05) is 19.4 Å². The number of phosphoric ester groups is 1. The van der Waals surface area contributed by atoms with Crippen molar-refractivity contribution in [3.05, 3.63) is 36.5 Å². The lowest BCUT2D eigenvalue weighted by atomic mass is 10.1. The highest BCUT2D eigenvalue weighted by Gasteiger charge is 2.26. The van der Waals surface area contributed by atoms with Gasteiger partial charge in [-0.05, 0) is 70.6 Å². The lowest BCUT2D eigenvalue weighted by Crippen LogP contribution is -2.29. The van der Waals surface area contributed by atoms with Crippen molar-refractivity contribution >= 4 is 19.8 Å². The molecular formula is C45H84NO8P. The lowest BCUT2D eigenvalue weighted by molar-refractivity contribution is -0.161. The zero-order valence-electron chi connectivity index (χ0n) is 35.4. The standard InChI is InChI=1S/C45H84NO8P/c1-3-5-7-9-11-13-15-17-19-21-23-25-27-29-31-33-35-37-44(47)51-41-43(42-53-55(49,50)52-40-39-46)54-45(48)38-36-34-32-30-28-26-24-22-20-18-16-14-12-10-8-6-4-2/h11,13,17-20,43H,3-10,12,14-16,21-42,46H2,1-2H3,(H,49,50)/b13-11+,19-17+,20-18+/t43-/m1/s1. The first kappa shape index (κ1) is 53.2. The van der Waals surface area contributed by atoms with Crippen LogP contribution in [0.3, 0.4) is 0 Å². The van der Waals surface area contributed by atoms with Gasteiger partial charge >= 0.3 is 19.8 Å². The normalized spacial score (nSPS) is 13.6. The number of carbonyl (C=O) groups is 2. The smallest absolute Gasteiger partial charge is 0.462 e. The minimum Gasteiger partial charge on any atom is -0.462 e. The molecule has 0 aliphatic carbocycles. The van der Waals surface area contributed by atoms with Crippen LogP contribution in [0, 0.1) is 0 Å². The van der Waals surface area contributed by atoms with E-state index in [0.717, 1.165) is 64.2 Å². The Morgan fingerprint density at radius 3 is 1.44 bits per heavy atom. The number of nitrogens with two attached hydrogens (primary N) is 1. The van der Waals surface area contributed by atoms with Crippen LogP contribution in [0.5, 0.6) is 0 Å². The van der Waals surface area contributed by atoms with Crippen LogP contribution in [0.1, 0.15) is 206 Å². The molecule has 0 saturated carbocycles. The fraction of sp³-hybridized carbons (Fsp3) is 0.822. The summed E-state index contributed by atoms with van der Waals surface area (Å²) in [6, 6.07) is 0. The molecule has 0 aromatic heterocycles. The Hall–Kier alpha value is -1.77. The Labute approximate surface area is 337 Å². The van der Waals surface area contributed by atoms with E-state index in [9.17, 15) is 19.0 Å². The maximum absolute atomic E-state index is 12.6. The van der Waals surface area contributed by atoms with Gasteiger partial charge < -0.3 is 20.1 Å². The molecule has 10 heteroatoms. The van der Waals surface area contributed by atoms with Gasteiger partial charge in [-0.25, -0.2) is 4.57 Å². The highest BCUT2D eigenvalue weighted by molar-refractivity contribution is 7.47. The SMILES string of the molecule is CCCCC/C=C/C/C=C/CCCCCCCCCC(=O)OC[C@H](COP(=O)(O)OCCN)OC(=O)CCCCCCCCC/C=C/CCCCCCCC. The Morgan fingerprint density at radius 2 is 0.945 bits per heavy atom. The quantitative estimate of drug-likeness (QED) is 0.0268. The van der Waals surface area contributed by atoms with E-state index in [1.807, 2.05) is 0 Å². The van der Waals surface area contributed by atoms with Crippen LogP contribution in [-0.4, -0.2) is 49.3 Å². The van der Waals surface area contributed by atoms with Gasteiger partial charge in [-0.1, -0.05) is 159 Å². The summed E-state index contributed by atoms with van der Waals surface area (Å²) < 4.78 is 32.8. The number of allylic oxidation sites excluding steroid dienone is 6. The molecule has 0 aromatic rings. The number of ether oxygens (including phenoxy) is 2. The maximum atomic E-state index is 12.6. The fourth-order valence-corrected chi connectivity index (χ4v) is 6.89. The molecule has 0 bridgehead atoms. The molecule has 0 fully saturated rings. The van der Waals surface area contributed by atoms with E-state index >= 15 is 0 Å². The van der Waals surface area contributed by atoms with Crippen molar-refractivity contribution in [1.82, 2.24) is 0 Å². The first-order chi connectivity index (χ1) is 26.8. The van der Waals surface area contributed by atoms with E-state index < -0.39 is 26.5 Å². The van der Waals surface area contributed by atoms with E-state index in [1.54, 1.807) is 0 Å². The van der Waals surface area contributed by atoms with E-state index in [2.05, 4.69) is 50.3 Å². The maximum Gasteiger partial charge on any atom is 0.472 e. The number of phosphoric acid groups is 1. The summed E-state index contributed by atoms with van der Waals surface area (Å²) in [4.78, 5) is 34.9. The van der Waals surface area contributed by atoms with Crippen LogP contribution in [-0.2, 0) is 32.7 Å².